The number of hydrogen-bond acceptors (Lipinski definition) is 2. The molecule has 0 amide bonds. The van der Waals surface area contributed by atoms with Crippen molar-refractivity contribution in [2.45, 2.75) is 19.1 Å². The molecule has 1 aromatic rings. The molecule has 2 atom stereocenters. The molecule has 1 aromatic carbocycles. The van der Waals surface area contributed by atoms with Gasteiger partial charge in [-0.2, -0.15) is 0 Å². The molecule has 1 heterocycles. The summed E-state index contributed by atoms with van der Waals surface area (Å²) in [6.07, 6.45) is -1.03. The zero-order valence-electron chi connectivity index (χ0n) is 6.92. The third-order valence-corrected chi connectivity index (χ3v) is 2.74. The fourth-order valence-electron chi connectivity index (χ4n) is 1.39. The Balaban J connectivity index is 2.53. The van der Waals surface area contributed by atoms with E-state index < -0.39 is 6.10 Å². The Labute approximate surface area is 83.5 Å². The largest absolute Gasteiger partial charge is 0.487 e. The van der Waals surface area contributed by atoms with Gasteiger partial charge >= 0.3 is 0 Å². The number of rotatable bonds is 0. The molecule has 4 heteroatoms. The molecule has 70 valence electrons. The molecule has 1 aliphatic rings. The first-order valence-corrected chi connectivity index (χ1v) is 4.72. The summed E-state index contributed by atoms with van der Waals surface area (Å²) in [5.41, 5.74) is 0.521. The van der Waals surface area contributed by atoms with Crippen LogP contribution in [0.4, 0.5) is 4.39 Å². The van der Waals surface area contributed by atoms with Gasteiger partial charge < -0.3 is 9.84 Å². The Kier molecular flexibility index (Phi) is 2.04. The van der Waals surface area contributed by atoms with Gasteiger partial charge in [-0.15, -0.1) is 0 Å². The van der Waals surface area contributed by atoms with Crippen molar-refractivity contribution in [3.63, 3.8) is 0 Å². The second-order valence-corrected chi connectivity index (χ2v) is 3.93. The minimum atomic E-state index is -0.724. The summed E-state index contributed by atoms with van der Waals surface area (Å²) in [6.45, 7) is 1.75. The van der Waals surface area contributed by atoms with Crippen LogP contribution in [0.3, 0.4) is 0 Å². The highest BCUT2D eigenvalue weighted by molar-refractivity contribution is 9.10. The molecular formula is C9H8BrFO2. The van der Waals surface area contributed by atoms with Crippen LogP contribution in [-0.2, 0) is 0 Å². The predicted octanol–water partition coefficient (Wildman–Crippen LogP) is 2.40. The van der Waals surface area contributed by atoms with E-state index in [1.54, 1.807) is 6.92 Å². The van der Waals surface area contributed by atoms with Crippen molar-refractivity contribution in [2.24, 2.45) is 0 Å². The number of halogens is 2. The summed E-state index contributed by atoms with van der Waals surface area (Å²) in [5, 5.41) is 9.56. The smallest absolute Gasteiger partial charge is 0.138 e. The minimum Gasteiger partial charge on any atom is -0.487 e. The Morgan fingerprint density at radius 3 is 2.92 bits per heavy atom. The predicted molar refractivity (Wildman–Crippen MR) is 49.1 cm³/mol. The molecule has 0 radical (unpaired) electrons. The fraction of sp³-hybridized carbons (Fsp3) is 0.333. The molecule has 2 nitrogen and oxygen atoms in total. The van der Waals surface area contributed by atoms with Crippen molar-refractivity contribution >= 4 is 15.9 Å². The van der Waals surface area contributed by atoms with Crippen molar-refractivity contribution < 1.29 is 14.2 Å². The summed E-state index contributed by atoms with van der Waals surface area (Å²) >= 11 is 3.05. The van der Waals surface area contributed by atoms with E-state index in [1.165, 1.54) is 12.1 Å². The zero-order chi connectivity index (χ0) is 9.59. The van der Waals surface area contributed by atoms with E-state index in [0.717, 1.165) is 0 Å². The van der Waals surface area contributed by atoms with Gasteiger partial charge in [0, 0.05) is 5.56 Å². The minimum absolute atomic E-state index is 0.302. The van der Waals surface area contributed by atoms with E-state index in [9.17, 15) is 9.50 Å². The molecule has 0 saturated carbocycles. The van der Waals surface area contributed by atoms with Crippen LogP contribution in [-0.4, -0.2) is 11.2 Å². The molecule has 1 N–H and O–H groups in total. The molecule has 13 heavy (non-hydrogen) atoms. The van der Waals surface area contributed by atoms with Crippen molar-refractivity contribution in [1.82, 2.24) is 0 Å². The lowest BCUT2D eigenvalue weighted by molar-refractivity contribution is 0.0795. The van der Waals surface area contributed by atoms with Crippen molar-refractivity contribution in [1.29, 1.82) is 0 Å². The normalized spacial score (nSPS) is 25.5. The quantitative estimate of drug-likeness (QED) is 0.762. The summed E-state index contributed by atoms with van der Waals surface area (Å²) in [5.74, 6) is 0.170. The molecule has 0 saturated heterocycles. The van der Waals surface area contributed by atoms with Crippen molar-refractivity contribution in [3.8, 4) is 5.75 Å². The number of aliphatic hydroxyl groups is 1. The lowest BCUT2D eigenvalue weighted by Gasteiger charge is -2.06. The lowest BCUT2D eigenvalue weighted by atomic mass is 10.1. The first-order valence-electron chi connectivity index (χ1n) is 3.93. The van der Waals surface area contributed by atoms with E-state index in [2.05, 4.69) is 15.9 Å². The van der Waals surface area contributed by atoms with Crippen LogP contribution in [0.15, 0.2) is 16.6 Å². The molecule has 0 aliphatic carbocycles. The standard InChI is InChI=1S/C9H8BrFO2/c1-4-9(12)5-2-7(11)6(10)3-8(5)13-4/h2-4,9,12H,1H3. The molecule has 1 aliphatic heterocycles. The van der Waals surface area contributed by atoms with Crippen LogP contribution in [0, 0.1) is 5.82 Å². The molecule has 0 aromatic heterocycles. The van der Waals surface area contributed by atoms with Gasteiger partial charge in [-0.1, -0.05) is 0 Å². The van der Waals surface area contributed by atoms with E-state index in [4.69, 9.17) is 4.74 Å². The average molecular weight is 247 g/mol. The summed E-state index contributed by atoms with van der Waals surface area (Å²) in [4.78, 5) is 0. The molecule has 0 bridgehead atoms. The highest BCUT2D eigenvalue weighted by Gasteiger charge is 2.30. The Hall–Kier alpha value is -0.610. The van der Waals surface area contributed by atoms with Gasteiger partial charge in [-0.05, 0) is 35.0 Å². The van der Waals surface area contributed by atoms with Gasteiger partial charge in [0.15, 0.2) is 0 Å². The summed E-state index contributed by atoms with van der Waals surface area (Å²) in [6, 6.07) is 2.84. The maximum atomic E-state index is 13.1. The Morgan fingerprint density at radius 2 is 2.23 bits per heavy atom. The van der Waals surface area contributed by atoms with Crippen LogP contribution >= 0.6 is 15.9 Å². The molecule has 0 spiro atoms. The van der Waals surface area contributed by atoms with Crippen LogP contribution in [0.5, 0.6) is 5.75 Å². The van der Waals surface area contributed by atoms with E-state index >= 15 is 0 Å². The van der Waals surface area contributed by atoms with Crippen LogP contribution in [0.1, 0.15) is 18.6 Å². The number of aliphatic hydroxyl groups excluding tert-OH is 1. The monoisotopic (exact) mass is 246 g/mol. The first kappa shape index (κ1) is 8.97. The van der Waals surface area contributed by atoms with Gasteiger partial charge in [0.1, 0.15) is 23.8 Å². The van der Waals surface area contributed by atoms with Gasteiger partial charge in [-0.25, -0.2) is 4.39 Å². The number of benzene rings is 1. The fourth-order valence-corrected chi connectivity index (χ4v) is 1.72. The molecule has 2 unspecified atom stereocenters. The zero-order valence-corrected chi connectivity index (χ0v) is 8.51. The van der Waals surface area contributed by atoms with Crippen molar-refractivity contribution in [2.75, 3.05) is 0 Å². The summed E-state index contributed by atoms with van der Waals surface area (Å²) < 4.78 is 18.7. The number of fused-ring (bicyclic) bond motifs is 1. The molecule has 0 fully saturated rings. The second kappa shape index (κ2) is 2.96. The third-order valence-electron chi connectivity index (χ3n) is 2.13. The number of ether oxygens (including phenoxy) is 1. The first-order chi connectivity index (χ1) is 6.09. The van der Waals surface area contributed by atoms with Gasteiger partial charge in [0.25, 0.3) is 0 Å². The lowest BCUT2D eigenvalue weighted by Crippen LogP contribution is -2.12. The van der Waals surface area contributed by atoms with Crippen LogP contribution < -0.4 is 4.74 Å². The van der Waals surface area contributed by atoms with Gasteiger partial charge in [0.2, 0.25) is 0 Å². The van der Waals surface area contributed by atoms with Crippen LogP contribution in [0.25, 0.3) is 0 Å². The van der Waals surface area contributed by atoms with Crippen molar-refractivity contribution in [3.05, 3.63) is 28.0 Å². The van der Waals surface area contributed by atoms with E-state index in [0.29, 0.717) is 15.8 Å². The maximum Gasteiger partial charge on any atom is 0.138 e. The maximum absolute atomic E-state index is 13.1. The van der Waals surface area contributed by atoms with E-state index in [-0.39, 0.29) is 11.9 Å². The highest BCUT2D eigenvalue weighted by Crippen LogP contribution is 2.39. The second-order valence-electron chi connectivity index (χ2n) is 3.07. The van der Waals surface area contributed by atoms with Gasteiger partial charge in [0.05, 0.1) is 4.47 Å². The van der Waals surface area contributed by atoms with Gasteiger partial charge in [-0.3, -0.25) is 0 Å². The van der Waals surface area contributed by atoms with Crippen LogP contribution in [0.2, 0.25) is 0 Å². The highest BCUT2D eigenvalue weighted by atomic mass is 79.9. The molecule has 2 rings (SSSR count). The SMILES string of the molecule is CC1Oc2cc(Br)c(F)cc2C1O. The molecular weight excluding hydrogens is 239 g/mol. The number of hydrogen-bond donors (Lipinski definition) is 1. The Morgan fingerprint density at radius 1 is 1.54 bits per heavy atom. The topological polar surface area (TPSA) is 29.5 Å². The van der Waals surface area contributed by atoms with E-state index in [1.807, 2.05) is 0 Å². The third kappa shape index (κ3) is 1.34. The Bertz CT molecular complexity index is 354. The summed E-state index contributed by atoms with van der Waals surface area (Å²) in [7, 11) is 0. The average Bonchev–Trinajstić information content (AvgIpc) is 2.32.